The highest BCUT2D eigenvalue weighted by Crippen LogP contribution is 2.25. The monoisotopic (exact) mass is 254 g/mol. The van der Waals surface area contributed by atoms with Crippen LogP contribution in [0.3, 0.4) is 0 Å². The van der Waals surface area contributed by atoms with E-state index in [4.69, 9.17) is 5.73 Å². The van der Waals surface area contributed by atoms with Crippen molar-refractivity contribution in [3.05, 3.63) is 22.7 Å². The van der Waals surface area contributed by atoms with Crippen molar-refractivity contribution in [1.29, 1.82) is 0 Å². The number of nitrogens with two attached hydrogens (primary N) is 1. The molecule has 0 spiro atoms. The molecule has 0 bridgehead atoms. The van der Waals surface area contributed by atoms with Gasteiger partial charge in [0.2, 0.25) is 0 Å². The third-order valence-corrected chi connectivity index (χ3v) is 2.84. The Kier molecular flexibility index (Phi) is 2.79. The third kappa shape index (κ3) is 1.65. The third-order valence-electron chi connectivity index (χ3n) is 2.16. The number of hydrogen-bond donors (Lipinski definition) is 2. The second kappa shape index (κ2) is 4.06. The maximum absolute atomic E-state index is 5.48. The Balaban J connectivity index is 2.45. The maximum atomic E-state index is 5.48. The van der Waals surface area contributed by atoms with Crippen molar-refractivity contribution in [3.63, 3.8) is 0 Å². The van der Waals surface area contributed by atoms with Gasteiger partial charge >= 0.3 is 0 Å². The van der Waals surface area contributed by atoms with Gasteiger partial charge < -0.3 is 10.7 Å². The number of aromatic nitrogens is 3. The fourth-order valence-corrected chi connectivity index (χ4v) is 2.07. The van der Waals surface area contributed by atoms with Gasteiger partial charge in [-0.25, -0.2) is 9.97 Å². The molecule has 2 heterocycles. The minimum atomic E-state index is 0.701. The molecule has 2 aromatic heterocycles. The van der Waals surface area contributed by atoms with Gasteiger partial charge in [-0.1, -0.05) is 0 Å². The lowest BCUT2D eigenvalue weighted by Crippen LogP contribution is -2.00. The molecule has 0 fully saturated rings. The average Bonchev–Trinajstić information content (AvgIpc) is 2.51. The van der Waals surface area contributed by atoms with Crippen LogP contribution in [0, 0.1) is 0 Å². The summed E-state index contributed by atoms with van der Waals surface area (Å²) in [7, 11) is 0. The Morgan fingerprint density at radius 3 is 3.14 bits per heavy atom. The van der Waals surface area contributed by atoms with Gasteiger partial charge in [0.25, 0.3) is 0 Å². The molecule has 0 aliphatic heterocycles. The first-order valence-electron chi connectivity index (χ1n) is 4.49. The quantitative estimate of drug-likeness (QED) is 0.875. The second-order valence-electron chi connectivity index (χ2n) is 3.09. The molecule has 0 aromatic carbocycles. The summed E-state index contributed by atoms with van der Waals surface area (Å²) in [6.07, 6.45) is 5.29. The molecule has 0 aliphatic carbocycles. The van der Waals surface area contributed by atoms with Crippen molar-refractivity contribution >= 4 is 27.0 Å². The first-order valence-corrected chi connectivity index (χ1v) is 5.28. The largest absolute Gasteiger partial charge is 0.334 e. The minimum absolute atomic E-state index is 0.701. The van der Waals surface area contributed by atoms with Gasteiger partial charge in [0.1, 0.15) is 12.0 Å². The van der Waals surface area contributed by atoms with Crippen molar-refractivity contribution in [1.82, 2.24) is 15.0 Å². The van der Waals surface area contributed by atoms with Gasteiger partial charge in [0, 0.05) is 11.6 Å². The van der Waals surface area contributed by atoms with Gasteiger partial charge in [0.05, 0.1) is 4.60 Å². The topological polar surface area (TPSA) is 67.6 Å². The molecule has 14 heavy (non-hydrogen) atoms. The van der Waals surface area contributed by atoms with Crippen LogP contribution in [0.2, 0.25) is 0 Å². The predicted molar refractivity (Wildman–Crippen MR) is 59.0 cm³/mol. The summed E-state index contributed by atoms with van der Waals surface area (Å²) in [6.45, 7) is 0.701. The molecule has 4 nitrogen and oxygen atoms in total. The van der Waals surface area contributed by atoms with E-state index in [0.717, 1.165) is 28.5 Å². The van der Waals surface area contributed by atoms with Crippen molar-refractivity contribution in [3.8, 4) is 0 Å². The molecule has 5 heteroatoms. The van der Waals surface area contributed by atoms with Gasteiger partial charge in [-0.05, 0) is 40.9 Å². The Morgan fingerprint density at radius 1 is 1.50 bits per heavy atom. The first-order chi connectivity index (χ1) is 6.83. The lowest BCUT2D eigenvalue weighted by atomic mass is 10.1. The predicted octanol–water partition coefficient (Wildman–Crippen LogP) is 1.61. The Labute approximate surface area is 90.1 Å². The molecule has 0 unspecified atom stereocenters. The smallest absolute Gasteiger partial charge is 0.141 e. The number of fused-ring (bicyclic) bond motifs is 1. The second-order valence-corrected chi connectivity index (χ2v) is 3.89. The first kappa shape index (κ1) is 9.61. The molecule has 0 amide bonds. The molecule has 2 rings (SSSR count). The molecule has 3 N–H and O–H groups in total. The van der Waals surface area contributed by atoms with Crippen LogP contribution in [0.4, 0.5) is 0 Å². The normalized spacial score (nSPS) is 11.0. The van der Waals surface area contributed by atoms with E-state index in [1.165, 1.54) is 11.9 Å². The van der Waals surface area contributed by atoms with Crippen molar-refractivity contribution < 1.29 is 0 Å². The average molecular weight is 255 g/mol. The lowest BCUT2D eigenvalue weighted by molar-refractivity contribution is 0.833. The van der Waals surface area contributed by atoms with Crippen molar-refractivity contribution in [2.45, 2.75) is 12.8 Å². The number of hydrogen-bond acceptors (Lipinski definition) is 3. The number of nitrogens with one attached hydrogen (secondary N) is 1. The summed E-state index contributed by atoms with van der Waals surface area (Å²) in [5.41, 5.74) is 7.57. The molecule has 2 aromatic rings. The van der Waals surface area contributed by atoms with Crippen LogP contribution in [0.15, 0.2) is 17.1 Å². The summed E-state index contributed by atoms with van der Waals surface area (Å²) >= 11 is 3.48. The highest BCUT2D eigenvalue weighted by molar-refractivity contribution is 9.10. The number of halogens is 1. The highest BCUT2D eigenvalue weighted by atomic mass is 79.9. The van der Waals surface area contributed by atoms with E-state index in [1.54, 1.807) is 0 Å². The summed E-state index contributed by atoms with van der Waals surface area (Å²) in [5, 5.41) is 1.08. The summed E-state index contributed by atoms with van der Waals surface area (Å²) in [6, 6.07) is 0. The number of rotatable bonds is 3. The number of H-pyrrole nitrogens is 1. The van der Waals surface area contributed by atoms with Crippen LogP contribution >= 0.6 is 15.9 Å². The van der Waals surface area contributed by atoms with Crippen LogP contribution in [-0.4, -0.2) is 21.5 Å². The summed E-state index contributed by atoms with van der Waals surface area (Å²) in [4.78, 5) is 11.3. The summed E-state index contributed by atoms with van der Waals surface area (Å²) < 4.78 is 0.987. The van der Waals surface area contributed by atoms with Crippen LogP contribution < -0.4 is 5.73 Å². The number of aromatic amines is 1. The van der Waals surface area contributed by atoms with E-state index in [9.17, 15) is 0 Å². The van der Waals surface area contributed by atoms with Gasteiger partial charge in [0.15, 0.2) is 0 Å². The van der Waals surface area contributed by atoms with Crippen LogP contribution in [0.1, 0.15) is 12.0 Å². The van der Waals surface area contributed by atoms with E-state index in [-0.39, 0.29) is 0 Å². The zero-order valence-corrected chi connectivity index (χ0v) is 9.21. The van der Waals surface area contributed by atoms with Gasteiger partial charge in [-0.15, -0.1) is 0 Å². The Bertz CT molecular complexity index is 437. The van der Waals surface area contributed by atoms with Crippen LogP contribution in [0.25, 0.3) is 11.0 Å². The summed E-state index contributed by atoms with van der Waals surface area (Å²) in [5.74, 6) is 0. The molecular weight excluding hydrogens is 244 g/mol. The van der Waals surface area contributed by atoms with E-state index in [2.05, 4.69) is 30.9 Å². The number of aryl methyl sites for hydroxylation is 1. The van der Waals surface area contributed by atoms with Crippen LogP contribution in [0.5, 0.6) is 0 Å². The van der Waals surface area contributed by atoms with Gasteiger partial charge in [-0.2, -0.15) is 0 Å². The highest BCUT2D eigenvalue weighted by Gasteiger charge is 2.09. The lowest BCUT2D eigenvalue weighted by Gasteiger charge is -1.97. The van der Waals surface area contributed by atoms with Crippen molar-refractivity contribution in [2.75, 3.05) is 6.54 Å². The molecule has 0 saturated carbocycles. The zero-order chi connectivity index (χ0) is 9.97. The number of nitrogens with zero attached hydrogens (tertiary/aromatic N) is 2. The molecule has 74 valence electrons. The SMILES string of the molecule is NCCCc1c(Br)[nH]c2ncncc12. The molecule has 0 radical (unpaired) electrons. The van der Waals surface area contributed by atoms with Crippen LogP contribution in [-0.2, 0) is 6.42 Å². The van der Waals surface area contributed by atoms with Gasteiger partial charge in [-0.3, -0.25) is 0 Å². The minimum Gasteiger partial charge on any atom is -0.334 e. The van der Waals surface area contributed by atoms with E-state index in [1.807, 2.05) is 6.20 Å². The van der Waals surface area contributed by atoms with E-state index >= 15 is 0 Å². The Morgan fingerprint density at radius 2 is 2.36 bits per heavy atom. The fourth-order valence-electron chi connectivity index (χ4n) is 1.47. The molecule has 0 aliphatic rings. The standard InChI is InChI=1S/C9H11BrN4/c10-8-6(2-1-3-11)7-4-12-5-13-9(7)14-8/h4-5H,1-3,11H2,(H,12,13,14). The molecular formula is C9H11BrN4. The molecule has 0 saturated heterocycles. The maximum Gasteiger partial charge on any atom is 0.141 e. The molecule has 0 atom stereocenters. The zero-order valence-electron chi connectivity index (χ0n) is 7.63. The fraction of sp³-hybridized carbons (Fsp3) is 0.333. The van der Waals surface area contributed by atoms with E-state index in [0.29, 0.717) is 6.54 Å². The Hall–Kier alpha value is -0.940. The van der Waals surface area contributed by atoms with E-state index < -0.39 is 0 Å². The van der Waals surface area contributed by atoms with Crippen molar-refractivity contribution in [2.24, 2.45) is 5.73 Å².